The van der Waals surface area contributed by atoms with Crippen molar-refractivity contribution in [3.8, 4) is 0 Å². The number of rotatable bonds is 4. The highest BCUT2D eigenvalue weighted by Gasteiger charge is 2.18. The molecule has 1 heterocycles. The van der Waals surface area contributed by atoms with E-state index in [4.69, 9.17) is 0 Å². The molecule has 0 bridgehead atoms. The van der Waals surface area contributed by atoms with Crippen molar-refractivity contribution in [2.24, 2.45) is 0 Å². The molecule has 0 aromatic carbocycles. The molecule has 1 aromatic heterocycles. The maximum absolute atomic E-state index is 12.6. The molecule has 0 saturated heterocycles. The van der Waals surface area contributed by atoms with Crippen molar-refractivity contribution in [1.82, 2.24) is 0 Å². The van der Waals surface area contributed by atoms with Crippen LogP contribution < -0.4 is 0 Å². The van der Waals surface area contributed by atoms with Gasteiger partial charge in [-0.1, -0.05) is 0 Å². The minimum atomic E-state index is -3.58. The highest BCUT2D eigenvalue weighted by molar-refractivity contribution is 7.91. The van der Waals surface area contributed by atoms with E-state index in [1.165, 1.54) is 12.5 Å². The average Bonchev–Trinajstić information content (AvgIpc) is 2.62. The zero-order chi connectivity index (χ0) is 11.5. The summed E-state index contributed by atoms with van der Waals surface area (Å²) in [6.07, 6.45) is -0.226. The lowest BCUT2D eigenvalue weighted by atomic mass is 10.5. The molecule has 0 amide bonds. The van der Waals surface area contributed by atoms with Crippen LogP contribution in [0.25, 0.3) is 0 Å². The quantitative estimate of drug-likeness (QED) is 0.756. The van der Waals surface area contributed by atoms with Crippen LogP contribution in [0.4, 0.5) is 4.39 Å². The van der Waals surface area contributed by atoms with Gasteiger partial charge >= 0.3 is 5.97 Å². The Bertz CT molecular complexity index is 449. The zero-order valence-corrected chi connectivity index (χ0v) is 9.53. The van der Waals surface area contributed by atoms with E-state index in [0.717, 1.165) is 6.07 Å². The summed E-state index contributed by atoms with van der Waals surface area (Å²) in [5.74, 6) is -0.968. The molecule has 84 valence electrons. The van der Waals surface area contributed by atoms with Crippen LogP contribution in [0.2, 0.25) is 0 Å². The third-order valence-electron chi connectivity index (χ3n) is 1.71. The van der Waals surface area contributed by atoms with Gasteiger partial charge in [-0.05, 0) is 0 Å². The molecule has 0 spiro atoms. The van der Waals surface area contributed by atoms with Gasteiger partial charge in [0.1, 0.15) is 0 Å². The molecule has 15 heavy (non-hydrogen) atoms. The Morgan fingerprint density at radius 3 is 2.73 bits per heavy atom. The molecule has 0 fully saturated rings. The number of hydrogen-bond donors (Lipinski definition) is 0. The number of thiophene rings is 1. The minimum absolute atomic E-state index is 0.0890. The highest BCUT2D eigenvalue weighted by Crippen LogP contribution is 2.19. The normalized spacial score (nSPS) is 11.3. The van der Waals surface area contributed by atoms with Gasteiger partial charge < -0.3 is 4.74 Å². The molecule has 0 aliphatic rings. The Balaban J connectivity index is 2.72. The Hall–Kier alpha value is -0.950. The lowest BCUT2D eigenvalue weighted by Gasteiger charge is -2.00. The molecule has 1 rings (SSSR count). The van der Waals surface area contributed by atoms with Crippen LogP contribution in [-0.2, 0) is 19.4 Å². The summed E-state index contributed by atoms with van der Waals surface area (Å²) in [6.45, 7) is 0. The molecule has 1 aromatic rings. The second kappa shape index (κ2) is 4.71. The Kier molecular flexibility index (Phi) is 3.81. The number of methoxy groups -OCH3 is 1. The number of halogens is 1. The van der Waals surface area contributed by atoms with E-state index in [9.17, 15) is 17.6 Å². The summed E-state index contributed by atoms with van der Waals surface area (Å²) in [4.78, 5) is 10.6. The summed E-state index contributed by atoms with van der Waals surface area (Å²) in [6, 6.07) is 0.942. The smallest absolute Gasteiger partial charge is 0.306 e. The third-order valence-corrected chi connectivity index (χ3v) is 4.26. The Labute approximate surface area is 90.6 Å². The maximum Gasteiger partial charge on any atom is 0.306 e. The largest absolute Gasteiger partial charge is 0.469 e. The number of hydrogen-bond acceptors (Lipinski definition) is 5. The van der Waals surface area contributed by atoms with E-state index in [-0.39, 0.29) is 17.1 Å². The fourth-order valence-electron chi connectivity index (χ4n) is 0.895. The fourth-order valence-corrected chi connectivity index (χ4v) is 3.15. The highest BCUT2D eigenvalue weighted by atomic mass is 32.2. The van der Waals surface area contributed by atoms with Crippen LogP contribution in [0.3, 0.4) is 0 Å². The van der Waals surface area contributed by atoms with Gasteiger partial charge in [0.2, 0.25) is 0 Å². The van der Waals surface area contributed by atoms with Crippen LogP contribution in [0.15, 0.2) is 16.3 Å². The lowest BCUT2D eigenvalue weighted by Crippen LogP contribution is -2.11. The zero-order valence-electron chi connectivity index (χ0n) is 7.90. The van der Waals surface area contributed by atoms with Gasteiger partial charge in [-0.2, -0.15) is 4.39 Å². The second-order valence-electron chi connectivity index (χ2n) is 2.73. The van der Waals surface area contributed by atoms with Crippen molar-refractivity contribution < 1.29 is 22.3 Å². The van der Waals surface area contributed by atoms with Crippen molar-refractivity contribution >= 4 is 27.1 Å². The Morgan fingerprint density at radius 1 is 1.60 bits per heavy atom. The molecule has 4 nitrogen and oxygen atoms in total. The van der Waals surface area contributed by atoms with E-state index < -0.39 is 20.9 Å². The molecule has 0 N–H and O–H groups in total. The predicted octanol–water partition coefficient (Wildman–Crippen LogP) is 1.22. The summed E-state index contributed by atoms with van der Waals surface area (Å²) in [7, 11) is -2.40. The van der Waals surface area contributed by atoms with Crippen LogP contribution in [0.5, 0.6) is 0 Å². The number of carbonyl (C=O) groups is 1. The topological polar surface area (TPSA) is 60.4 Å². The van der Waals surface area contributed by atoms with E-state index >= 15 is 0 Å². The van der Waals surface area contributed by atoms with Crippen LogP contribution in [0.1, 0.15) is 6.42 Å². The molecule has 0 saturated carbocycles. The van der Waals surface area contributed by atoms with Crippen LogP contribution in [0, 0.1) is 5.13 Å². The van der Waals surface area contributed by atoms with E-state index in [1.807, 2.05) is 0 Å². The first-order valence-electron chi connectivity index (χ1n) is 3.99. The SMILES string of the molecule is COC(=O)CCS(=O)(=O)c1csc(F)c1. The molecular weight excluding hydrogens is 243 g/mol. The van der Waals surface area contributed by atoms with Crippen molar-refractivity contribution in [1.29, 1.82) is 0 Å². The maximum atomic E-state index is 12.6. The third kappa shape index (κ3) is 3.28. The molecule has 7 heteroatoms. The molecular formula is C8H9FO4S2. The molecule has 0 aliphatic heterocycles. The minimum Gasteiger partial charge on any atom is -0.469 e. The number of ether oxygens (including phenoxy) is 1. The molecule has 0 radical (unpaired) electrons. The summed E-state index contributed by atoms with van der Waals surface area (Å²) < 4.78 is 39.9. The van der Waals surface area contributed by atoms with Gasteiger partial charge in [0.15, 0.2) is 15.0 Å². The van der Waals surface area contributed by atoms with Crippen LogP contribution >= 0.6 is 11.3 Å². The van der Waals surface area contributed by atoms with Gasteiger partial charge in [-0.25, -0.2) is 8.42 Å². The number of esters is 1. The molecule has 0 aliphatic carbocycles. The van der Waals surface area contributed by atoms with E-state index in [1.54, 1.807) is 0 Å². The fraction of sp³-hybridized carbons (Fsp3) is 0.375. The van der Waals surface area contributed by atoms with Gasteiger partial charge in [0, 0.05) is 11.4 Å². The number of sulfone groups is 1. The Morgan fingerprint density at radius 2 is 2.27 bits per heavy atom. The summed E-state index contributed by atoms with van der Waals surface area (Å²) in [5.41, 5.74) is 0. The first-order chi connectivity index (χ1) is 6.95. The van der Waals surface area contributed by atoms with Gasteiger partial charge in [-0.3, -0.25) is 4.79 Å². The van der Waals surface area contributed by atoms with Gasteiger partial charge in [-0.15, -0.1) is 11.3 Å². The molecule has 0 unspecified atom stereocenters. The lowest BCUT2D eigenvalue weighted by molar-refractivity contribution is -0.140. The second-order valence-corrected chi connectivity index (χ2v) is 5.70. The monoisotopic (exact) mass is 252 g/mol. The van der Waals surface area contributed by atoms with Gasteiger partial charge in [0.25, 0.3) is 0 Å². The van der Waals surface area contributed by atoms with E-state index in [0.29, 0.717) is 11.3 Å². The first-order valence-corrected chi connectivity index (χ1v) is 6.52. The van der Waals surface area contributed by atoms with Gasteiger partial charge in [0.05, 0.1) is 24.2 Å². The first kappa shape index (κ1) is 12.1. The van der Waals surface area contributed by atoms with Crippen molar-refractivity contribution in [3.63, 3.8) is 0 Å². The van der Waals surface area contributed by atoms with Crippen molar-refractivity contribution in [2.75, 3.05) is 12.9 Å². The standard InChI is InChI=1S/C8H9FO4S2/c1-13-8(10)2-3-15(11,12)6-4-7(9)14-5-6/h4-5H,2-3H2,1H3. The average molecular weight is 252 g/mol. The number of carbonyl (C=O) groups excluding carboxylic acids is 1. The van der Waals surface area contributed by atoms with Crippen molar-refractivity contribution in [2.45, 2.75) is 11.3 Å². The predicted molar refractivity (Wildman–Crippen MR) is 53.0 cm³/mol. The van der Waals surface area contributed by atoms with E-state index in [2.05, 4.69) is 4.74 Å². The molecule has 0 atom stereocenters. The summed E-state index contributed by atoms with van der Waals surface area (Å²) in [5, 5.41) is 0.647. The summed E-state index contributed by atoms with van der Waals surface area (Å²) >= 11 is 0.709. The van der Waals surface area contributed by atoms with Crippen molar-refractivity contribution in [3.05, 3.63) is 16.6 Å². The van der Waals surface area contributed by atoms with Crippen LogP contribution in [-0.4, -0.2) is 27.2 Å².